The van der Waals surface area contributed by atoms with Gasteiger partial charge in [0.1, 0.15) is 6.10 Å². The summed E-state index contributed by atoms with van der Waals surface area (Å²) in [4.78, 5) is 0.795. The van der Waals surface area contributed by atoms with Gasteiger partial charge in [-0.3, -0.25) is 0 Å². The molecule has 0 saturated carbocycles. The van der Waals surface area contributed by atoms with E-state index in [1.807, 2.05) is 26.2 Å². The summed E-state index contributed by atoms with van der Waals surface area (Å²) in [5, 5.41) is 12.7. The molecule has 2 nitrogen and oxygen atoms in total. The van der Waals surface area contributed by atoms with Gasteiger partial charge in [0.05, 0.1) is 16.0 Å². The first kappa shape index (κ1) is 13.0. The molecule has 0 saturated heterocycles. The molecule has 1 aromatic rings. The summed E-state index contributed by atoms with van der Waals surface area (Å²) in [5.41, 5.74) is 0. The van der Waals surface area contributed by atoms with E-state index in [-0.39, 0.29) is 12.0 Å². The minimum atomic E-state index is -0.627. The summed E-state index contributed by atoms with van der Waals surface area (Å²) in [6.45, 7) is 6.59. The van der Waals surface area contributed by atoms with E-state index in [2.05, 4.69) is 0 Å². The summed E-state index contributed by atoms with van der Waals surface area (Å²) >= 11 is 7.45. The zero-order valence-electron chi connectivity index (χ0n) is 9.24. The molecule has 0 bridgehead atoms. The molecule has 86 valence electrons. The smallest absolute Gasteiger partial charge is 0.116 e. The lowest BCUT2D eigenvalue weighted by molar-refractivity contribution is -0.0571. The minimum absolute atomic E-state index is 0.189. The van der Waals surface area contributed by atoms with Crippen LogP contribution in [0.2, 0.25) is 5.02 Å². The highest BCUT2D eigenvalue weighted by Gasteiger charge is 2.26. The second-order valence-electron chi connectivity index (χ2n) is 3.74. The maximum absolute atomic E-state index is 10.2. The van der Waals surface area contributed by atoms with Gasteiger partial charge in [-0.2, -0.15) is 0 Å². The average Bonchev–Trinajstić information content (AvgIpc) is 2.59. The van der Waals surface area contributed by atoms with E-state index < -0.39 is 6.10 Å². The molecule has 0 fully saturated rings. The third kappa shape index (κ3) is 3.18. The molecule has 2 unspecified atom stereocenters. The van der Waals surface area contributed by atoms with E-state index >= 15 is 0 Å². The van der Waals surface area contributed by atoms with Crippen molar-refractivity contribution < 1.29 is 9.84 Å². The van der Waals surface area contributed by atoms with Gasteiger partial charge in [0.25, 0.3) is 0 Å². The fraction of sp³-hybridized carbons (Fsp3) is 0.636. The maximum atomic E-state index is 10.2. The monoisotopic (exact) mass is 248 g/mol. The lowest BCUT2D eigenvalue weighted by atomic mass is 10.0. The zero-order valence-corrected chi connectivity index (χ0v) is 10.8. The molecule has 1 N–H and O–H groups in total. The SMILES string of the molecule is CCOC(C(C)C)C(O)c1sccc1Cl. The summed E-state index contributed by atoms with van der Waals surface area (Å²) in [7, 11) is 0. The third-order valence-electron chi connectivity index (χ3n) is 2.24. The molecule has 15 heavy (non-hydrogen) atoms. The van der Waals surface area contributed by atoms with Gasteiger partial charge >= 0.3 is 0 Å². The Hall–Kier alpha value is -0.0900. The van der Waals surface area contributed by atoms with Crippen LogP contribution < -0.4 is 0 Å². The fourth-order valence-corrected chi connectivity index (χ4v) is 2.69. The molecule has 0 aliphatic rings. The number of halogens is 1. The van der Waals surface area contributed by atoms with Crippen molar-refractivity contribution in [1.82, 2.24) is 0 Å². The largest absolute Gasteiger partial charge is 0.385 e. The van der Waals surface area contributed by atoms with Crippen molar-refractivity contribution in [3.05, 3.63) is 21.3 Å². The Morgan fingerprint density at radius 3 is 2.60 bits per heavy atom. The van der Waals surface area contributed by atoms with Gasteiger partial charge in [-0.1, -0.05) is 25.4 Å². The van der Waals surface area contributed by atoms with E-state index in [0.717, 1.165) is 4.88 Å². The quantitative estimate of drug-likeness (QED) is 0.864. The Morgan fingerprint density at radius 2 is 2.20 bits per heavy atom. The first-order valence-corrected chi connectivity index (χ1v) is 6.36. The van der Waals surface area contributed by atoms with Crippen LogP contribution in [-0.2, 0) is 4.74 Å². The van der Waals surface area contributed by atoms with Gasteiger partial charge in [0, 0.05) is 6.61 Å². The van der Waals surface area contributed by atoms with E-state index in [9.17, 15) is 5.11 Å². The Morgan fingerprint density at radius 1 is 1.53 bits per heavy atom. The van der Waals surface area contributed by atoms with E-state index in [0.29, 0.717) is 11.6 Å². The van der Waals surface area contributed by atoms with E-state index in [4.69, 9.17) is 16.3 Å². The molecular formula is C11H17ClO2S. The van der Waals surface area contributed by atoms with Gasteiger partial charge in [0.2, 0.25) is 0 Å². The van der Waals surface area contributed by atoms with Crippen LogP contribution in [0, 0.1) is 5.92 Å². The minimum Gasteiger partial charge on any atom is -0.385 e. The molecule has 1 heterocycles. The Balaban J connectivity index is 2.80. The Kier molecular flexibility index (Phi) is 5.06. The zero-order chi connectivity index (χ0) is 11.4. The number of hydrogen-bond acceptors (Lipinski definition) is 3. The second kappa shape index (κ2) is 5.85. The lowest BCUT2D eigenvalue weighted by Crippen LogP contribution is -2.27. The molecule has 0 aliphatic heterocycles. The highest BCUT2D eigenvalue weighted by molar-refractivity contribution is 7.10. The van der Waals surface area contributed by atoms with Gasteiger partial charge in [-0.05, 0) is 24.3 Å². The van der Waals surface area contributed by atoms with Gasteiger partial charge in [-0.25, -0.2) is 0 Å². The molecule has 0 aromatic carbocycles. The van der Waals surface area contributed by atoms with Gasteiger partial charge in [0.15, 0.2) is 0 Å². The van der Waals surface area contributed by atoms with E-state index in [1.54, 1.807) is 6.07 Å². The number of thiophene rings is 1. The standard InChI is InChI=1S/C11H17ClO2S/c1-4-14-10(7(2)3)9(13)11-8(12)5-6-15-11/h5-7,9-10,13H,4H2,1-3H3. The van der Waals surface area contributed by atoms with Crippen molar-refractivity contribution >= 4 is 22.9 Å². The predicted molar refractivity (Wildman–Crippen MR) is 64.5 cm³/mol. The molecule has 4 heteroatoms. The van der Waals surface area contributed by atoms with Crippen molar-refractivity contribution in [2.45, 2.75) is 33.0 Å². The first-order valence-electron chi connectivity index (χ1n) is 5.10. The van der Waals surface area contributed by atoms with Crippen LogP contribution >= 0.6 is 22.9 Å². The number of ether oxygens (including phenoxy) is 1. The molecule has 0 amide bonds. The number of hydrogen-bond donors (Lipinski definition) is 1. The van der Waals surface area contributed by atoms with Crippen molar-refractivity contribution in [2.75, 3.05) is 6.61 Å². The van der Waals surface area contributed by atoms with Crippen LogP contribution in [0.5, 0.6) is 0 Å². The molecule has 1 rings (SSSR count). The fourth-order valence-electron chi connectivity index (χ4n) is 1.51. The van der Waals surface area contributed by atoms with Gasteiger partial charge < -0.3 is 9.84 Å². The molecule has 2 atom stereocenters. The van der Waals surface area contributed by atoms with Crippen molar-refractivity contribution in [3.8, 4) is 0 Å². The molecule has 0 aliphatic carbocycles. The third-order valence-corrected chi connectivity index (χ3v) is 3.67. The Labute approximate surface area is 99.8 Å². The number of aliphatic hydroxyl groups excluding tert-OH is 1. The summed E-state index contributed by atoms with van der Waals surface area (Å²) in [5.74, 6) is 0.262. The van der Waals surface area contributed by atoms with Crippen LogP contribution in [0.1, 0.15) is 31.8 Å². The normalized spacial score (nSPS) is 15.6. The topological polar surface area (TPSA) is 29.5 Å². The molecule has 1 aromatic heterocycles. The molecule has 0 spiro atoms. The van der Waals surface area contributed by atoms with Crippen molar-refractivity contribution in [1.29, 1.82) is 0 Å². The van der Waals surface area contributed by atoms with Crippen molar-refractivity contribution in [3.63, 3.8) is 0 Å². The van der Waals surface area contributed by atoms with Crippen LogP contribution in [-0.4, -0.2) is 17.8 Å². The summed E-state index contributed by atoms with van der Waals surface area (Å²) in [6, 6.07) is 1.80. The maximum Gasteiger partial charge on any atom is 0.116 e. The number of aliphatic hydroxyl groups is 1. The van der Waals surface area contributed by atoms with Crippen LogP contribution in [0.25, 0.3) is 0 Å². The molecule has 0 radical (unpaired) electrons. The van der Waals surface area contributed by atoms with Crippen LogP contribution in [0.3, 0.4) is 0 Å². The average molecular weight is 249 g/mol. The highest BCUT2D eigenvalue weighted by Crippen LogP contribution is 2.33. The van der Waals surface area contributed by atoms with E-state index in [1.165, 1.54) is 11.3 Å². The van der Waals surface area contributed by atoms with Crippen molar-refractivity contribution in [2.24, 2.45) is 5.92 Å². The van der Waals surface area contributed by atoms with Crippen LogP contribution in [0.15, 0.2) is 11.4 Å². The second-order valence-corrected chi connectivity index (χ2v) is 5.10. The highest BCUT2D eigenvalue weighted by atomic mass is 35.5. The van der Waals surface area contributed by atoms with Crippen LogP contribution in [0.4, 0.5) is 0 Å². The Bertz CT molecular complexity index is 299. The summed E-state index contributed by atoms with van der Waals surface area (Å²) < 4.78 is 5.54. The first-order chi connectivity index (χ1) is 7.07. The van der Waals surface area contributed by atoms with Gasteiger partial charge in [-0.15, -0.1) is 11.3 Å². The number of rotatable bonds is 5. The predicted octanol–water partition coefficient (Wildman–Crippen LogP) is 3.50. The molecular weight excluding hydrogens is 232 g/mol. The lowest BCUT2D eigenvalue weighted by Gasteiger charge is -2.25. The summed E-state index contributed by atoms with van der Waals surface area (Å²) in [6.07, 6.45) is -0.816.